The maximum atomic E-state index is 11.5. The Labute approximate surface area is 124 Å². The van der Waals surface area contributed by atoms with Crippen LogP contribution < -0.4 is 5.32 Å². The highest BCUT2D eigenvalue weighted by molar-refractivity contribution is 5.75. The van der Waals surface area contributed by atoms with Crippen molar-refractivity contribution in [2.75, 3.05) is 0 Å². The number of phenolic OH excluding ortho intramolecular Hbond substituents is 1. The third-order valence-corrected chi connectivity index (χ3v) is 3.45. The molecule has 2 rings (SSSR count). The van der Waals surface area contributed by atoms with E-state index >= 15 is 0 Å². The third kappa shape index (κ3) is 3.61. The fourth-order valence-electron chi connectivity index (χ4n) is 2.32. The zero-order valence-corrected chi connectivity index (χ0v) is 12.1. The van der Waals surface area contributed by atoms with Gasteiger partial charge in [0.05, 0.1) is 0 Å². The Morgan fingerprint density at radius 2 is 1.81 bits per heavy atom. The van der Waals surface area contributed by atoms with Crippen molar-refractivity contribution in [1.82, 2.24) is 5.32 Å². The second-order valence-electron chi connectivity index (χ2n) is 5.13. The van der Waals surface area contributed by atoms with E-state index in [1.807, 2.05) is 44.2 Å². The SMILES string of the molecule is Cc1ccc(O)c(C(C)NC(C(=O)O)c2ccccc2)c1. The predicted octanol–water partition coefficient (Wildman–Crippen LogP) is 3.18. The molecule has 2 aromatic carbocycles. The van der Waals surface area contributed by atoms with Crippen LogP contribution in [0.5, 0.6) is 5.75 Å². The first kappa shape index (κ1) is 15.1. The molecule has 3 N–H and O–H groups in total. The van der Waals surface area contributed by atoms with Crippen LogP contribution in [-0.4, -0.2) is 16.2 Å². The first-order chi connectivity index (χ1) is 9.99. The molecule has 2 unspecified atom stereocenters. The fourth-order valence-corrected chi connectivity index (χ4v) is 2.32. The number of aryl methyl sites for hydroxylation is 1. The summed E-state index contributed by atoms with van der Waals surface area (Å²) in [4.78, 5) is 11.5. The Morgan fingerprint density at radius 3 is 2.43 bits per heavy atom. The molecule has 21 heavy (non-hydrogen) atoms. The van der Waals surface area contributed by atoms with E-state index in [1.165, 1.54) is 0 Å². The zero-order chi connectivity index (χ0) is 15.4. The van der Waals surface area contributed by atoms with Crippen LogP contribution in [0.1, 0.15) is 35.7 Å². The van der Waals surface area contributed by atoms with Gasteiger partial charge in [-0.1, -0.05) is 48.0 Å². The second kappa shape index (κ2) is 6.41. The van der Waals surface area contributed by atoms with Crippen LogP contribution in [-0.2, 0) is 4.79 Å². The quantitative estimate of drug-likeness (QED) is 0.789. The van der Waals surface area contributed by atoms with Crippen molar-refractivity contribution >= 4 is 5.97 Å². The molecular formula is C17H19NO3. The molecule has 0 aliphatic heterocycles. The molecule has 2 atom stereocenters. The standard InChI is InChI=1S/C17H19NO3/c1-11-8-9-15(19)14(10-11)12(2)18-16(17(20)21)13-6-4-3-5-7-13/h3-10,12,16,18-19H,1-2H3,(H,20,21). The lowest BCUT2D eigenvalue weighted by Crippen LogP contribution is -2.30. The molecule has 0 aliphatic rings. The minimum absolute atomic E-state index is 0.165. The van der Waals surface area contributed by atoms with E-state index in [0.29, 0.717) is 11.1 Å². The highest BCUT2D eigenvalue weighted by Gasteiger charge is 2.23. The minimum atomic E-state index is -0.944. The maximum Gasteiger partial charge on any atom is 0.325 e. The average molecular weight is 285 g/mol. The number of carbonyl (C=O) groups is 1. The summed E-state index contributed by atoms with van der Waals surface area (Å²) in [6, 6.07) is 13.2. The Balaban J connectivity index is 2.25. The lowest BCUT2D eigenvalue weighted by molar-refractivity contribution is -0.139. The molecule has 4 nitrogen and oxygen atoms in total. The molecule has 0 amide bonds. The lowest BCUT2D eigenvalue weighted by Gasteiger charge is -2.22. The summed E-state index contributed by atoms with van der Waals surface area (Å²) in [7, 11) is 0. The van der Waals surface area contributed by atoms with Gasteiger partial charge in [0, 0.05) is 11.6 Å². The fraction of sp³-hybridized carbons (Fsp3) is 0.235. The monoisotopic (exact) mass is 285 g/mol. The van der Waals surface area contributed by atoms with E-state index < -0.39 is 12.0 Å². The van der Waals surface area contributed by atoms with Gasteiger partial charge in [0.2, 0.25) is 0 Å². The van der Waals surface area contributed by atoms with Gasteiger partial charge in [-0.3, -0.25) is 10.1 Å². The highest BCUT2D eigenvalue weighted by Crippen LogP contribution is 2.27. The predicted molar refractivity (Wildman–Crippen MR) is 81.2 cm³/mol. The van der Waals surface area contributed by atoms with Crippen molar-refractivity contribution in [1.29, 1.82) is 0 Å². The molecule has 0 heterocycles. The van der Waals surface area contributed by atoms with Crippen LogP contribution in [0, 0.1) is 6.92 Å². The van der Waals surface area contributed by atoms with Gasteiger partial charge in [-0.05, 0) is 25.5 Å². The average Bonchev–Trinajstić information content (AvgIpc) is 2.47. The molecule has 0 saturated carbocycles. The first-order valence-corrected chi connectivity index (χ1v) is 6.82. The van der Waals surface area contributed by atoms with Gasteiger partial charge < -0.3 is 10.2 Å². The van der Waals surface area contributed by atoms with Crippen molar-refractivity contribution in [2.24, 2.45) is 0 Å². The van der Waals surface area contributed by atoms with Gasteiger partial charge in [-0.15, -0.1) is 0 Å². The summed E-state index contributed by atoms with van der Waals surface area (Å²) >= 11 is 0. The number of carboxylic acids is 1. The normalized spacial score (nSPS) is 13.6. The summed E-state index contributed by atoms with van der Waals surface area (Å²) in [5, 5.41) is 22.4. The van der Waals surface area contributed by atoms with Crippen molar-refractivity contribution < 1.29 is 15.0 Å². The minimum Gasteiger partial charge on any atom is -0.508 e. The molecule has 0 bridgehead atoms. The number of phenols is 1. The van der Waals surface area contributed by atoms with Gasteiger partial charge in [0.25, 0.3) is 0 Å². The summed E-state index contributed by atoms with van der Waals surface area (Å²) in [6.45, 7) is 3.77. The molecule has 0 radical (unpaired) electrons. The van der Waals surface area contributed by atoms with Gasteiger partial charge in [0.1, 0.15) is 11.8 Å². The van der Waals surface area contributed by atoms with Gasteiger partial charge >= 0.3 is 5.97 Å². The number of hydrogen-bond acceptors (Lipinski definition) is 3. The Bertz CT molecular complexity index is 625. The molecule has 0 aliphatic carbocycles. The van der Waals surface area contributed by atoms with Crippen LogP contribution in [0.3, 0.4) is 0 Å². The van der Waals surface area contributed by atoms with E-state index in [9.17, 15) is 15.0 Å². The molecule has 4 heteroatoms. The first-order valence-electron chi connectivity index (χ1n) is 6.82. The smallest absolute Gasteiger partial charge is 0.325 e. The summed E-state index contributed by atoms with van der Waals surface area (Å²) < 4.78 is 0. The van der Waals surface area contributed by atoms with E-state index in [-0.39, 0.29) is 11.8 Å². The van der Waals surface area contributed by atoms with Crippen molar-refractivity contribution in [2.45, 2.75) is 25.9 Å². The van der Waals surface area contributed by atoms with E-state index in [2.05, 4.69) is 5.32 Å². The maximum absolute atomic E-state index is 11.5. The number of aromatic hydroxyl groups is 1. The summed E-state index contributed by atoms with van der Waals surface area (Å²) in [6.07, 6.45) is 0. The molecule has 0 saturated heterocycles. The molecule has 0 spiro atoms. The largest absolute Gasteiger partial charge is 0.508 e. The lowest BCUT2D eigenvalue weighted by atomic mass is 10.0. The van der Waals surface area contributed by atoms with Crippen LogP contribution in [0.2, 0.25) is 0 Å². The number of hydrogen-bond donors (Lipinski definition) is 3. The molecule has 0 fully saturated rings. The molecule has 110 valence electrons. The molecular weight excluding hydrogens is 266 g/mol. The van der Waals surface area contributed by atoms with Gasteiger partial charge in [-0.2, -0.15) is 0 Å². The van der Waals surface area contributed by atoms with Gasteiger partial charge in [-0.25, -0.2) is 0 Å². The Kier molecular flexibility index (Phi) is 4.60. The van der Waals surface area contributed by atoms with Crippen molar-refractivity contribution in [3.8, 4) is 5.75 Å². The topological polar surface area (TPSA) is 69.6 Å². The van der Waals surface area contributed by atoms with E-state index in [1.54, 1.807) is 18.2 Å². The number of aliphatic carboxylic acids is 1. The second-order valence-corrected chi connectivity index (χ2v) is 5.13. The Morgan fingerprint density at radius 1 is 1.14 bits per heavy atom. The van der Waals surface area contributed by atoms with Crippen LogP contribution in [0.25, 0.3) is 0 Å². The molecule has 2 aromatic rings. The number of benzene rings is 2. The number of rotatable bonds is 5. The number of nitrogens with one attached hydrogen (secondary N) is 1. The summed E-state index contributed by atoms with van der Waals surface area (Å²) in [5.74, 6) is -0.780. The van der Waals surface area contributed by atoms with E-state index in [0.717, 1.165) is 5.56 Å². The van der Waals surface area contributed by atoms with Crippen molar-refractivity contribution in [3.63, 3.8) is 0 Å². The Hall–Kier alpha value is -2.33. The van der Waals surface area contributed by atoms with Crippen molar-refractivity contribution in [3.05, 3.63) is 65.2 Å². The van der Waals surface area contributed by atoms with Gasteiger partial charge in [0.15, 0.2) is 0 Å². The third-order valence-electron chi connectivity index (χ3n) is 3.45. The zero-order valence-electron chi connectivity index (χ0n) is 12.1. The van der Waals surface area contributed by atoms with Crippen LogP contribution in [0.15, 0.2) is 48.5 Å². The summed E-state index contributed by atoms with van der Waals surface area (Å²) in [5.41, 5.74) is 2.39. The van der Waals surface area contributed by atoms with E-state index in [4.69, 9.17) is 0 Å². The molecule has 0 aromatic heterocycles. The van der Waals surface area contributed by atoms with Crippen LogP contribution >= 0.6 is 0 Å². The highest BCUT2D eigenvalue weighted by atomic mass is 16.4. The van der Waals surface area contributed by atoms with Crippen LogP contribution in [0.4, 0.5) is 0 Å². The number of carboxylic acid groups (broad SMARTS) is 1.